The van der Waals surface area contributed by atoms with E-state index >= 15 is 0 Å². The zero-order valence-corrected chi connectivity index (χ0v) is 12.7. The summed E-state index contributed by atoms with van der Waals surface area (Å²) >= 11 is 5.38. The maximum Gasteiger partial charge on any atom is 0.173 e. The van der Waals surface area contributed by atoms with Crippen LogP contribution in [0, 0.1) is 0 Å². The molecule has 0 saturated heterocycles. The van der Waals surface area contributed by atoms with Crippen LogP contribution in [0.5, 0.6) is 0 Å². The smallest absolute Gasteiger partial charge is 0.173 e. The largest absolute Gasteiger partial charge is 0.350 e. The molecule has 0 aromatic heterocycles. The molecule has 100 valence electrons. The number of anilines is 1. The number of hydrogen-bond donors (Lipinski definition) is 1. The van der Waals surface area contributed by atoms with Gasteiger partial charge in [-0.05, 0) is 56.1 Å². The molecule has 0 fully saturated rings. The molecule has 1 aromatic rings. The van der Waals surface area contributed by atoms with E-state index in [0.717, 1.165) is 23.9 Å². The van der Waals surface area contributed by atoms with Crippen LogP contribution in [0.25, 0.3) is 0 Å². The highest BCUT2D eigenvalue weighted by molar-refractivity contribution is 7.80. The molecule has 0 bridgehead atoms. The molecule has 1 unspecified atom stereocenters. The summed E-state index contributed by atoms with van der Waals surface area (Å²) in [5.74, 6) is 0.619. The van der Waals surface area contributed by atoms with Gasteiger partial charge < -0.3 is 10.2 Å². The van der Waals surface area contributed by atoms with Crippen molar-refractivity contribution in [2.75, 3.05) is 18.4 Å². The van der Waals surface area contributed by atoms with E-state index in [2.05, 4.69) is 62.2 Å². The van der Waals surface area contributed by atoms with E-state index in [1.54, 1.807) is 0 Å². The highest BCUT2D eigenvalue weighted by Crippen LogP contribution is 2.20. The lowest BCUT2D eigenvalue weighted by molar-refractivity contribution is 0.473. The Morgan fingerprint density at radius 3 is 2.17 bits per heavy atom. The fourth-order valence-corrected chi connectivity index (χ4v) is 2.22. The lowest BCUT2D eigenvalue weighted by Crippen LogP contribution is -2.34. The predicted octanol–water partition coefficient (Wildman–Crippen LogP) is 4.24. The van der Waals surface area contributed by atoms with Crippen molar-refractivity contribution in [3.63, 3.8) is 0 Å². The highest BCUT2D eigenvalue weighted by atomic mass is 32.1. The third-order valence-electron chi connectivity index (χ3n) is 3.39. The van der Waals surface area contributed by atoms with Crippen molar-refractivity contribution in [3.05, 3.63) is 29.8 Å². The zero-order chi connectivity index (χ0) is 13.5. The van der Waals surface area contributed by atoms with Crippen LogP contribution >= 0.6 is 12.2 Å². The molecule has 1 atom stereocenters. The molecule has 0 aliphatic rings. The van der Waals surface area contributed by atoms with Crippen LogP contribution in [0.15, 0.2) is 24.3 Å². The molecular weight excluding hydrogens is 240 g/mol. The van der Waals surface area contributed by atoms with Gasteiger partial charge in [-0.1, -0.05) is 26.0 Å². The lowest BCUT2D eigenvalue weighted by Gasteiger charge is -2.22. The topological polar surface area (TPSA) is 15.3 Å². The van der Waals surface area contributed by atoms with E-state index in [4.69, 9.17) is 12.2 Å². The Morgan fingerprint density at radius 1 is 1.17 bits per heavy atom. The molecule has 1 rings (SSSR count). The van der Waals surface area contributed by atoms with Crippen molar-refractivity contribution in [2.45, 2.75) is 40.0 Å². The fraction of sp³-hybridized carbons (Fsp3) is 0.533. The van der Waals surface area contributed by atoms with Crippen molar-refractivity contribution in [1.29, 1.82) is 0 Å². The molecule has 0 saturated carbocycles. The summed E-state index contributed by atoms with van der Waals surface area (Å²) in [5, 5.41) is 4.09. The average Bonchev–Trinajstić information content (AvgIpc) is 2.40. The maximum atomic E-state index is 5.38. The Labute approximate surface area is 116 Å². The first-order chi connectivity index (χ1) is 8.62. The van der Waals surface area contributed by atoms with E-state index in [0.29, 0.717) is 5.92 Å². The highest BCUT2D eigenvalue weighted by Gasteiger charge is 2.06. The summed E-state index contributed by atoms with van der Waals surface area (Å²) < 4.78 is 0. The van der Waals surface area contributed by atoms with Crippen molar-refractivity contribution in [2.24, 2.45) is 0 Å². The predicted molar refractivity (Wildman–Crippen MR) is 84.3 cm³/mol. The maximum absolute atomic E-state index is 5.38. The van der Waals surface area contributed by atoms with E-state index in [9.17, 15) is 0 Å². The van der Waals surface area contributed by atoms with E-state index in [1.807, 2.05) is 0 Å². The third-order valence-corrected chi connectivity index (χ3v) is 3.75. The summed E-state index contributed by atoms with van der Waals surface area (Å²) in [6.07, 6.45) is 1.17. The SMILES string of the molecule is CCC(C)c1ccc(NC(=S)N(CC)CC)cc1. The molecule has 0 aliphatic heterocycles. The second-order valence-electron chi connectivity index (χ2n) is 4.53. The second-order valence-corrected chi connectivity index (χ2v) is 4.92. The molecule has 0 aliphatic carbocycles. The van der Waals surface area contributed by atoms with Gasteiger partial charge in [-0.25, -0.2) is 0 Å². The van der Waals surface area contributed by atoms with Crippen LogP contribution in [-0.2, 0) is 0 Å². The number of nitrogens with zero attached hydrogens (tertiary/aromatic N) is 1. The van der Waals surface area contributed by atoms with Crippen molar-refractivity contribution in [3.8, 4) is 0 Å². The number of rotatable bonds is 5. The monoisotopic (exact) mass is 264 g/mol. The molecule has 3 heteroatoms. The van der Waals surface area contributed by atoms with Crippen molar-refractivity contribution in [1.82, 2.24) is 4.90 Å². The molecule has 0 spiro atoms. The standard InChI is InChI=1S/C15H24N2S/c1-5-12(4)13-8-10-14(11-9-13)16-15(18)17(6-2)7-3/h8-12H,5-7H2,1-4H3,(H,16,18). The summed E-state index contributed by atoms with van der Waals surface area (Å²) in [6.45, 7) is 10.6. The third kappa shape index (κ3) is 3.98. The summed E-state index contributed by atoms with van der Waals surface area (Å²) in [7, 11) is 0. The van der Waals surface area contributed by atoms with Crippen molar-refractivity contribution < 1.29 is 0 Å². The fourth-order valence-electron chi connectivity index (χ4n) is 1.84. The normalized spacial score (nSPS) is 12.0. The number of thiocarbonyl (C=S) groups is 1. The van der Waals surface area contributed by atoms with Crippen LogP contribution in [0.2, 0.25) is 0 Å². The first-order valence-corrected chi connectivity index (χ1v) is 7.19. The Balaban J connectivity index is 2.66. The Morgan fingerprint density at radius 2 is 1.72 bits per heavy atom. The second kappa shape index (κ2) is 7.37. The minimum absolute atomic E-state index is 0.619. The molecule has 0 amide bonds. The lowest BCUT2D eigenvalue weighted by atomic mass is 9.99. The molecule has 0 radical (unpaired) electrons. The van der Waals surface area contributed by atoms with Crippen LogP contribution < -0.4 is 5.32 Å². The Hall–Kier alpha value is -1.09. The van der Waals surface area contributed by atoms with E-state index in [1.165, 1.54) is 12.0 Å². The summed E-state index contributed by atoms with van der Waals surface area (Å²) in [5.41, 5.74) is 2.45. The molecule has 1 N–H and O–H groups in total. The van der Waals surface area contributed by atoms with Gasteiger partial charge in [0.1, 0.15) is 0 Å². The molecule has 0 heterocycles. The molecule has 2 nitrogen and oxygen atoms in total. The van der Waals surface area contributed by atoms with Gasteiger partial charge in [0, 0.05) is 18.8 Å². The van der Waals surface area contributed by atoms with Crippen LogP contribution in [0.1, 0.15) is 45.6 Å². The van der Waals surface area contributed by atoms with Crippen LogP contribution in [0.3, 0.4) is 0 Å². The van der Waals surface area contributed by atoms with Gasteiger partial charge in [0.2, 0.25) is 0 Å². The summed E-state index contributed by atoms with van der Waals surface area (Å²) in [6, 6.07) is 8.58. The van der Waals surface area contributed by atoms with Gasteiger partial charge in [0.15, 0.2) is 5.11 Å². The molecule has 1 aromatic carbocycles. The minimum Gasteiger partial charge on any atom is -0.350 e. The molecule has 18 heavy (non-hydrogen) atoms. The first kappa shape index (κ1) is 15.0. The Kier molecular flexibility index (Phi) is 6.13. The minimum atomic E-state index is 0.619. The average molecular weight is 264 g/mol. The van der Waals surface area contributed by atoms with Gasteiger partial charge >= 0.3 is 0 Å². The van der Waals surface area contributed by atoms with E-state index in [-0.39, 0.29) is 0 Å². The molecular formula is C15H24N2S. The van der Waals surface area contributed by atoms with Crippen LogP contribution in [0.4, 0.5) is 5.69 Å². The Bertz CT molecular complexity index is 369. The number of benzene rings is 1. The summed E-state index contributed by atoms with van der Waals surface area (Å²) in [4.78, 5) is 2.14. The van der Waals surface area contributed by atoms with Gasteiger partial charge in [-0.2, -0.15) is 0 Å². The van der Waals surface area contributed by atoms with Gasteiger partial charge in [0.25, 0.3) is 0 Å². The van der Waals surface area contributed by atoms with Gasteiger partial charge in [-0.15, -0.1) is 0 Å². The van der Waals surface area contributed by atoms with Gasteiger partial charge in [-0.3, -0.25) is 0 Å². The number of hydrogen-bond acceptors (Lipinski definition) is 1. The van der Waals surface area contributed by atoms with Crippen molar-refractivity contribution >= 4 is 23.0 Å². The quantitative estimate of drug-likeness (QED) is 0.801. The van der Waals surface area contributed by atoms with E-state index < -0.39 is 0 Å². The van der Waals surface area contributed by atoms with Crippen LogP contribution in [-0.4, -0.2) is 23.1 Å². The first-order valence-electron chi connectivity index (χ1n) is 6.78. The van der Waals surface area contributed by atoms with Gasteiger partial charge in [0.05, 0.1) is 0 Å². The number of nitrogens with one attached hydrogen (secondary N) is 1. The zero-order valence-electron chi connectivity index (χ0n) is 11.9.